The number of aliphatic carboxylic acids is 1. The Bertz CT molecular complexity index is 4140. The number of anilines is 2. The van der Waals surface area contributed by atoms with Crippen LogP contribution in [0.15, 0.2) is 51.4 Å². The highest BCUT2D eigenvalue weighted by molar-refractivity contribution is 8.00. The zero-order chi connectivity index (χ0) is 91.0. The van der Waals surface area contributed by atoms with Crippen molar-refractivity contribution < 1.29 is 111 Å². The molecule has 0 aliphatic carbocycles. The molecule has 3 aliphatic heterocycles. The predicted octanol–water partition coefficient (Wildman–Crippen LogP) is -2.91. The fraction of sp³-hybridized carbons (Fsp3) is 0.653. The summed E-state index contributed by atoms with van der Waals surface area (Å²) in [5.74, 6) is -13.3. The van der Waals surface area contributed by atoms with Crippen LogP contribution in [-0.2, 0) is 100 Å². The number of unbranched alkanes of at least 4 members (excludes halogenated alkanes) is 3. The van der Waals surface area contributed by atoms with Crippen LogP contribution in [0.4, 0.5) is 11.6 Å². The number of rotatable bonds is 55. The summed E-state index contributed by atoms with van der Waals surface area (Å²) < 4.78 is 35.5. The van der Waals surface area contributed by atoms with Crippen LogP contribution in [0.2, 0.25) is 0 Å². The molecule has 2 aromatic rings. The van der Waals surface area contributed by atoms with E-state index in [0.717, 1.165) is 0 Å². The van der Waals surface area contributed by atoms with Gasteiger partial charge < -0.3 is 120 Å². The van der Waals surface area contributed by atoms with Crippen molar-refractivity contribution in [1.82, 2.24) is 77.2 Å². The second kappa shape index (κ2) is 53.4. The van der Waals surface area contributed by atoms with Crippen molar-refractivity contribution in [3.05, 3.63) is 57.8 Å². The Morgan fingerprint density at radius 2 is 0.911 bits per heavy atom. The number of aliphatic hydroxyl groups excluding tert-OH is 1. The molecule has 45 nitrogen and oxygen atoms in total. The first kappa shape index (κ1) is 103. The molecule has 684 valence electrons. The maximum Gasteiger partial charge on any atom is 0.351 e. The number of amides is 11. The first-order chi connectivity index (χ1) is 58.3. The Labute approximate surface area is 722 Å². The number of thioether (sulfide) groups is 2. The number of carboxylic acid groups (broad SMARTS) is 1. The van der Waals surface area contributed by atoms with Gasteiger partial charge in [0.1, 0.15) is 115 Å². The van der Waals surface area contributed by atoms with Crippen LogP contribution in [0.5, 0.6) is 0 Å². The Morgan fingerprint density at radius 3 is 1.28 bits per heavy atom. The fourth-order valence-corrected chi connectivity index (χ4v) is 14.1. The van der Waals surface area contributed by atoms with Crippen LogP contribution in [0, 0.1) is 17.8 Å². The number of nitrogens with two attached hydrogens (primary N) is 4. The number of carbonyl (C=O) groups is 15. The molecule has 123 heavy (non-hydrogen) atoms. The van der Waals surface area contributed by atoms with Gasteiger partial charge in [0.2, 0.25) is 71.3 Å². The summed E-state index contributed by atoms with van der Waals surface area (Å²) in [6, 6.07) is -7.16. The highest BCUT2D eigenvalue weighted by Gasteiger charge is 2.38. The van der Waals surface area contributed by atoms with Gasteiger partial charge in [0.15, 0.2) is 0 Å². The molecule has 13 atom stereocenters. The van der Waals surface area contributed by atoms with Gasteiger partial charge in [-0.1, -0.05) is 41.5 Å². The van der Waals surface area contributed by atoms with Gasteiger partial charge >= 0.3 is 35.3 Å². The normalized spacial score (nSPS) is 18.0. The maximum absolute atomic E-state index is 14.9. The summed E-state index contributed by atoms with van der Waals surface area (Å²) >= 11 is 6.84. The number of primary amides is 1. The lowest BCUT2D eigenvalue weighted by atomic mass is 9.98. The van der Waals surface area contributed by atoms with E-state index in [1.807, 2.05) is 0 Å². The molecule has 20 N–H and O–H groups in total. The maximum atomic E-state index is 14.9. The number of carbonyl (C=O) groups excluding carboxylic acids is 14. The predicted molar refractivity (Wildman–Crippen MR) is 447 cm³/mol. The summed E-state index contributed by atoms with van der Waals surface area (Å²) in [6.07, 6.45) is 0.729. The molecule has 0 saturated carbocycles. The molecule has 0 bridgehead atoms. The fourth-order valence-electron chi connectivity index (χ4n) is 11.9. The number of esters is 3. The summed E-state index contributed by atoms with van der Waals surface area (Å²) in [7, 11) is 0. The molecule has 2 unspecified atom stereocenters. The molecule has 3 aliphatic rings. The zero-order valence-electron chi connectivity index (χ0n) is 69.6. The number of hydrogen-bond donors (Lipinski definition) is 17. The van der Waals surface area contributed by atoms with Gasteiger partial charge in [0, 0.05) is 82.3 Å². The molecule has 0 aromatic carbocycles. The van der Waals surface area contributed by atoms with E-state index in [9.17, 15) is 91.7 Å². The first-order valence-electron chi connectivity index (χ1n) is 40.1. The topological polar surface area (TPSA) is 662 Å². The van der Waals surface area contributed by atoms with Gasteiger partial charge in [-0.25, -0.2) is 14.6 Å². The Hall–Kier alpha value is -10.7. The summed E-state index contributed by atoms with van der Waals surface area (Å²) in [5, 5.41) is 45.8. The molecular weight excluding hydrogens is 1680 g/mol. The Morgan fingerprint density at radius 1 is 0.528 bits per heavy atom. The second-order valence-corrected chi connectivity index (χ2v) is 32.8. The third kappa shape index (κ3) is 38.3. The number of ether oxygens (including phenoxy) is 6. The second-order valence-electron chi connectivity index (χ2n) is 29.8. The number of carboxylic acids is 1. The van der Waals surface area contributed by atoms with E-state index >= 15 is 0 Å². The third-order valence-corrected chi connectivity index (χ3v) is 21.2. The molecule has 5 rings (SSSR count). The molecule has 2 saturated heterocycles. The van der Waals surface area contributed by atoms with E-state index in [1.54, 1.807) is 41.5 Å². The van der Waals surface area contributed by atoms with E-state index < -0.39 is 208 Å². The van der Waals surface area contributed by atoms with E-state index in [-0.39, 0.29) is 160 Å². The largest absolute Gasteiger partial charge is 0.481 e. The number of aliphatic imine (C=N–C) groups is 1. The average Bonchev–Trinajstić information content (AvgIpc) is 1.75. The lowest BCUT2D eigenvalue weighted by molar-refractivity contribution is -0.148. The SMILES string of the molecule is CC(=O)N[C@H](C(=O)N[C@@H](CCCCNC(=O)CCC(=O)OC[C@H]1O[C@@H](n2ccc(N)nc2=O)CS1)C(=O)N[C@H](C(=O)N[C@@H](CCCCNC(=O)CCC(=O)OCC(S)OCN1C=CC(N)=NC1O)C(=O)N[C@H](C(=O)N[C@@H](CCCCNC(=O)CCC(=O)OC[C@H]1O[C@@H](n2ccc(N)nc2=O)CS1)C(=O)N[C@@H](CCC(=O)O)C(N)=O)C(C)C)C(C)C)C(C)C. The average molecular weight is 1790 g/mol. The number of aliphatic hydroxyl groups is 1. The number of aromatic nitrogens is 4. The van der Waals surface area contributed by atoms with Crippen LogP contribution < -0.4 is 87.5 Å². The molecule has 48 heteroatoms. The smallest absolute Gasteiger partial charge is 0.351 e. The summed E-state index contributed by atoms with van der Waals surface area (Å²) in [5.41, 5.74) is 19.0. The van der Waals surface area contributed by atoms with Gasteiger partial charge in [-0.05, 0) is 100 Å². The number of amidine groups is 1. The van der Waals surface area contributed by atoms with Crippen LogP contribution in [-0.4, -0.2) is 252 Å². The molecule has 5 heterocycles. The lowest BCUT2D eigenvalue weighted by Crippen LogP contribution is -2.61. The van der Waals surface area contributed by atoms with E-state index in [0.29, 0.717) is 11.5 Å². The van der Waals surface area contributed by atoms with Crippen molar-refractivity contribution in [2.75, 3.05) is 69.2 Å². The molecule has 2 fully saturated rings. The van der Waals surface area contributed by atoms with Gasteiger partial charge in [0.25, 0.3) is 0 Å². The van der Waals surface area contributed by atoms with Crippen molar-refractivity contribution in [2.24, 2.45) is 34.2 Å². The van der Waals surface area contributed by atoms with Crippen molar-refractivity contribution >= 4 is 142 Å². The summed E-state index contributed by atoms with van der Waals surface area (Å²) in [4.78, 5) is 237. The Kier molecular flexibility index (Phi) is 44.6. The first-order valence-corrected chi connectivity index (χ1v) is 42.7. The van der Waals surface area contributed by atoms with Crippen molar-refractivity contribution in [1.29, 1.82) is 0 Å². The Balaban J connectivity index is 1.26. The van der Waals surface area contributed by atoms with E-state index in [4.69, 9.17) is 51.4 Å². The van der Waals surface area contributed by atoms with Crippen LogP contribution >= 0.6 is 36.2 Å². The van der Waals surface area contributed by atoms with Gasteiger partial charge in [-0.2, -0.15) is 9.97 Å². The number of thiol groups is 1. The van der Waals surface area contributed by atoms with Crippen molar-refractivity contribution in [2.45, 2.75) is 235 Å². The third-order valence-electron chi connectivity index (χ3n) is 18.8. The van der Waals surface area contributed by atoms with Crippen LogP contribution in [0.1, 0.15) is 170 Å². The molecule has 2 aromatic heterocycles. The van der Waals surface area contributed by atoms with Crippen LogP contribution in [0.3, 0.4) is 0 Å². The van der Waals surface area contributed by atoms with Gasteiger partial charge in [-0.3, -0.25) is 81.1 Å². The number of nitrogen functional groups attached to an aromatic ring is 2. The highest BCUT2D eigenvalue weighted by atomic mass is 32.2. The van der Waals surface area contributed by atoms with E-state index in [1.165, 1.54) is 81.3 Å². The highest BCUT2D eigenvalue weighted by Crippen LogP contribution is 2.33. The zero-order valence-corrected chi connectivity index (χ0v) is 72.2. The lowest BCUT2D eigenvalue weighted by Gasteiger charge is -2.30. The minimum atomic E-state index is -1.53. The monoisotopic (exact) mass is 1790 g/mol. The number of nitrogens with one attached hydrogen (secondary N) is 10. The standard InChI is InChI=1S/C75H116N20O25S3/c1-40(2)63(83-43(7)96)70(109)86-46(15-9-12-30-82-53(99)20-24-59(104)117-36-62-120-55(38-123-62)95-33-27-50(78)90-75(95)114)68(107)92-65(42(5)6)72(111)87-47(16-10-13-29-80-51(97)18-22-57(102)115-34-60(121)118-39-93-31-25-48(76)88-73(93)112)69(108)91-64(41(3)4)71(110)85-45(67(106)84-44(66(79)105)17-21-56(100)101)14-8-11-28-81-52(98)19-23-58(103)116-35-61-119-54(37-122-61)94-32-26-49(77)89-74(94)113/h25-27,31-33,40-42,44-47,54-55,60-65,73,112,121H,8-24,28-30,34-39H2,1-7H3,(H2,76,88)(H2,79,105)(H,80,97)(H,81,98)(H,82,99)(H,83,96)(H,84,106)(H,85,110)(H,86,109)(H,87,111)(H,91,108)(H,92,107)(H,100,101)(H2,77,89,113)(H2,78,90,114)/t44-,45-,46-,47-,54+,55+,60?,61-,62-,63-,64-,65-,73?/m0/s1. The molecular formula is C75H116N20O25S3. The number of hydrogen-bond acceptors (Lipinski definition) is 34. The quantitative estimate of drug-likeness (QED) is 0.0104. The van der Waals surface area contributed by atoms with Gasteiger partial charge in [-0.15, -0.1) is 36.2 Å². The molecule has 0 radical (unpaired) electrons. The summed E-state index contributed by atoms with van der Waals surface area (Å²) in [6.45, 7) is 9.98. The van der Waals surface area contributed by atoms with Gasteiger partial charge in [0.05, 0.1) is 19.3 Å². The molecule has 11 amide bonds. The van der Waals surface area contributed by atoms with Crippen molar-refractivity contribution in [3.8, 4) is 0 Å². The molecule has 0 spiro atoms. The van der Waals surface area contributed by atoms with Crippen molar-refractivity contribution in [3.63, 3.8) is 0 Å². The van der Waals surface area contributed by atoms with Crippen LogP contribution in [0.25, 0.3) is 0 Å². The van der Waals surface area contributed by atoms with E-state index in [2.05, 4.69) is 80.8 Å². The number of nitrogens with zero attached hydrogens (tertiary/aromatic N) is 6. The minimum absolute atomic E-state index is 0.00631. The minimum Gasteiger partial charge on any atom is -0.481 e.